The number of piperazine rings is 1. The summed E-state index contributed by atoms with van der Waals surface area (Å²) < 4.78 is 26.7. The summed E-state index contributed by atoms with van der Waals surface area (Å²) in [5.74, 6) is -0.525. The van der Waals surface area contributed by atoms with Crippen LogP contribution < -0.4 is 0 Å². The van der Waals surface area contributed by atoms with Crippen LogP contribution in [-0.2, 0) is 0 Å². The number of β-amino-alcohol motifs (C(OH)–C–C–N with tert-alkyl or cyclic N) is 1. The molecule has 140 valence electrons. The van der Waals surface area contributed by atoms with Gasteiger partial charge in [0.1, 0.15) is 11.6 Å². The van der Waals surface area contributed by atoms with Gasteiger partial charge in [0.05, 0.1) is 11.6 Å². The maximum Gasteiger partial charge on any atom is 0.123 e. The van der Waals surface area contributed by atoms with Crippen LogP contribution in [0.2, 0.25) is 0 Å². The van der Waals surface area contributed by atoms with Gasteiger partial charge < -0.3 is 5.11 Å². The van der Waals surface area contributed by atoms with Crippen molar-refractivity contribution in [1.29, 1.82) is 0 Å². The lowest BCUT2D eigenvalue weighted by molar-refractivity contribution is 0.0134. The zero-order chi connectivity index (χ0) is 18.7. The monoisotopic (exact) mass is 360 g/mol. The lowest BCUT2D eigenvalue weighted by atomic mass is 9.96. The van der Waals surface area contributed by atoms with Crippen molar-refractivity contribution in [2.24, 2.45) is 0 Å². The van der Waals surface area contributed by atoms with Gasteiger partial charge in [0.2, 0.25) is 0 Å². The van der Waals surface area contributed by atoms with Crippen LogP contribution >= 0.6 is 0 Å². The molecular formula is C21H26F2N2O. The molecule has 0 unspecified atom stereocenters. The lowest BCUT2D eigenvalue weighted by Gasteiger charge is -2.41. The lowest BCUT2D eigenvalue weighted by Crippen LogP contribution is -2.51. The second-order valence-electron chi connectivity index (χ2n) is 7.63. The Labute approximate surface area is 153 Å². The van der Waals surface area contributed by atoms with E-state index in [0.717, 1.165) is 37.3 Å². The van der Waals surface area contributed by atoms with Crippen LogP contribution in [0.15, 0.2) is 48.5 Å². The van der Waals surface area contributed by atoms with Crippen LogP contribution in [0.4, 0.5) is 8.78 Å². The summed E-state index contributed by atoms with van der Waals surface area (Å²) in [5, 5.41) is 10.0. The van der Waals surface area contributed by atoms with Gasteiger partial charge in [-0.25, -0.2) is 8.78 Å². The topological polar surface area (TPSA) is 26.7 Å². The largest absolute Gasteiger partial charge is 0.389 e. The van der Waals surface area contributed by atoms with E-state index in [1.807, 2.05) is 13.8 Å². The van der Waals surface area contributed by atoms with Crippen molar-refractivity contribution in [2.45, 2.75) is 25.5 Å². The summed E-state index contributed by atoms with van der Waals surface area (Å²) in [7, 11) is 0. The molecule has 3 rings (SSSR count). The molecule has 5 heteroatoms. The SMILES string of the molecule is CC(C)(O)CN1CCN(C(c2ccc(F)cc2)c2ccc(F)cc2)CC1. The van der Waals surface area contributed by atoms with E-state index in [4.69, 9.17) is 0 Å². The maximum atomic E-state index is 13.4. The number of hydrogen-bond acceptors (Lipinski definition) is 3. The van der Waals surface area contributed by atoms with E-state index in [2.05, 4.69) is 9.80 Å². The highest BCUT2D eigenvalue weighted by Gasteiger charge is 2.28. The normalized spacial score (nSPS) is 17.0. The molecule has 0 aromatic heterocycles. The molecule has 1 heterocycles. The molecule has 3 nitrogen and oxygen atoms in total. The first kappa shape index (κ1) is 19.0. The van der Waals surface area contributed by atoms with Crippen molar-refractivity contribution in [1.82, 2.24) is 9.80 Å². The maximum absolute atomic E-state index is 13.4. The Morgan fingerprint density at radius 2 is 1.27 bits per heavy atom. The number of aliphatic hydroxyl groups is 1. The average Bonchev–Trinajstić information content (AvgIpc) is 2.59. The summed E-state index contributed by atoms with van der Waals surface area (Å²) in [4.78, 5) is 4.59. The van der Waals surface area contributed by atoms with Crippen LogP contribution in [0, 0.1) is 11.6 Å². The molecule has 1 N–H and O–H groups in total. The second-order valence-corrected chi connectivity index (χ2v) is 7.63. The fourth-order valence-electron chi connectivity index (χ4n) is 3.63. The Morgan fingerprint density at radius 3 is 1.65 bits per heavy atom. The minimum atomic E-state index is -0.713. The highest BCUT2D eigenvalue weighted by atomic mass is 19.1. The Kier molecular flexibility index (Phi) is 5.70. The Hall–Kier alpha value is -1.82. The van der Waals surface area contributed by atoms with E-state index < -0.39 is 5.60 Å². The van der Waals surface area contributed by atoms with Gasteiger partial charge in [-0.15, -0.1) is 0 Å². The van der Waals surface area contributed by atoms with Crippen molar-refractivity contribution >= 4 is 0 Å². The van der Waals surface area contributed by atoms with E-state index in [0.29, 0.717) is 6.54 Å². The van der Waals surface area contributed by atoms with Crippen molar-refractivity contribution < 1.29 is 13.9 Å². The molecule has 26 heavy (non-hydrogen) atoms. The van der Waals surface area contributed by atoms with Crippen LogP contribution in [0.25, 0.3) is 0 Å². The molecule has 1 saturated heterocycles. The number of rotatable bonds is 5. The van der Waals surface area contributed by atoms with Crippen LogP contribution in [0.5, 0.6) is 0 Å². The molecule has 2 aromatic rings. The molecule has 0 atom stereocenters. The number of halogens is 2. The molecule has 1 aliphatic rings. The summed E-state index contributed by atoms with van der Waals surface area (Å²) >= 11 is 0. The highest BCUT2D eigenvalue weighted by molar-refractivity contribution is 5.32. The molecule has 0 spiro atoms. The molecule has 2 aromatic carbocycles. The highest BCUT2D eigenvalue weighted by Crippen LogP contribution is 2.30. The van der Waals surface area contributed by atoms with Crippen LogP contribution in [0.3, 0.4) is 0 Å². The third-order valence-electron chi connectivity index (χ3n) is 4.75. The smallest absolute Gasteiger partial charge is 0.123 e. The number of nitrogens with zero attached hydrogens (tertiary/aromatic N) is 2. The van der Waals surface area contributed by atoms with Gasteiger partial charge in [0.25, 0.3) is 0 Å². The molecule has 1 fully saturated rings. The number of hydrogen-bond donors (Lipinski definition) is 1. The van der Waals surface area contributed by atoms with Gasteiger partial charge in [-0.3, -0.25) is 9.80 Å². The first-order chi connectivity index (χ1) is 12.3. The molecule has 0 bridgehead atoms. The van der Waals surface area contributed by atoms with Gasteiger partial charge in [0, 0.05) is 32.7 Å². The predicted molar refractivity (Wildman–Crippen MR) is 99.0 cm³/mol. The zero-order valence-corrected chi connectivity index (χ0v) is 15.3. The summed E-state index contributed by atoms with van der Waals surface area (Å²) in [6, 6.07) is 13.0. The van der Waals surface area contributed by atoms with E-state index >= 15 is 0 Å². The Morgan fingerprint density at radius 1 is 0.846 bits per heavy atom. The Balaban J connectivity index is 1.80. The van der Waals surface area contributed by atoms with E-state index in [-0.39, 0.29) is 17.7 Å². The predicted octanol–water partition coefficient (Wildman–Crippen LogP) is 3.44. The minimum Gasteiger partial charge on any atom is -0.389 e. The first-order valence-corrected chi connectivity index (χ1v) is 9.01. The molecule has 0 aliphatic carbocycles. The van der Waals surface area contributed by atoms with Gasteiger partial charge in [-0.1, -0.05) is 24.3 Å². The molecule has 0 saturated carbocycles. The third-order valence-corrected chi connectivity index (χ3v) is 4.75. The molecule has 1 aliphatic heterocycles. The van der Waals surface area contributed by atoms with Gasteiger partial charge in [0.15, 0.2) is 0 Å². The number of benzene rings is 2. The first-order valence-electron chi connectivity index (χ1n) is 9.01. The van der Waals surface area contributed by atoms with E-state index in [9.17, 15) is 13.9 Å². The summed E-state index contributed by atoms with van der Waals surface area (Å²) in [6.07, 6.45) is 0. The van der Waals surface area contributed by atoms with Crippen LogP contribution in [-0.4, -0.2) is 53.2 Å². The van der Waals surface area contributed by atoms with Gasteiger partial charge in [-0.2, -0.15) is 0 Å². The molecule has 0 amide bonds. The van der Waals surface area contributed by atoms with Gasteiger partial charge in [-0.05, 0) is 49.2 Å². The standard InChI is InChI=1S/C21H26F2N2O/c1-21(2,26)15-24-11-13-25(14-12-24)20(16-3-7-18(22)8-4-16)17-5-9-19(23)10-6-17/h3-10,20,26H,11-15H2,1-2H3. The minimum absolute atomic E-state index is 0.0412. The van der Waals surface area contributed by atoms with E-state index in [1.165, 1.54) is 24.3 Å². The van der Waals surface area contributed by atoms with Crippen LogP contribution in [0.1, 0.15) is 31.0 Å². The van der Waals surface area contributed by atoms with Gasteiger partial charge >= 0.3 is 0 Å². The van der Waals surface area contributed by atoms with Crippen molar-refractivity contribution in [2.75, 3.05) is 32.7 Å². The average molecular weight is 360 g/mol. The fourth-order valence-corrected chi connectivity index (χ4v) is 3.63. The summed E-state index contributed by atoms with van der Waals surface area (Å²) in [6.45, 7) is 7.63. The van der Waals surface area contributed by atoms with E-state index in [1.54, 1.807) is 24.3 Å². The zero-order valence-electron chi connectivity index (χ0n) is 15.3. The quantitative estimate of drug-likeness (QED) is 0.885. The fraction of sp³-hybridized carbons (Fsp3) is 0.429. The van der Waals surface area contributed by atoms with Crippen molar-refractivity contribution in [3.8, 4) is 0 Å². The summed E-state index contributed by atoms with van der Waals surface area (Å²) in [5.41, 5.74) is 1.28. The second kappa shape index (κ2) is 7.82. The molecule has 0 radical (unpaired) electrons. The third kappa shape index (κ3) is 4.87. The molecular weight excluding hydrogens is 334 g/mol. The van der Waals surface area contributed by atoms with Crippen molar-refractivity contribution in [3.63, 3.8) is 0 Å². The van der Waals surface area contributed by atoms with Crippen molar-refractivity contribution in [3.05, 3.63) is 71.3 Å². The Bertz CT molecular complexity index is 657.